The van der Waals surface area contributed by atoms with Crippen molar-refractivity contribution >= 4 is 0 Å². The lowest BCUT2D eigenvalue weighted by Crippen LogP contribution is -1.59. The summed E-state index contributed by atoms with van der Waals surface area (Å²) in [4.78, 5) is 0. The molecule has 0 unspecified atom stereocenters. The molecule has 0 heteroatoms. The van der Waals surface area contributed by atoms with E-state index >= 15 is 0 Å². The zero-order valence-electron chi connectivity index (χ0n) is 11.1. The molecule has 0 heterocycles. The quantitative estimate of drug-likeness (QED) is 0.481. The molecule has 0 N–H and O–H groups in total. The van der Waals surface area contributed by atoms with Crippen LogP contribution in [0.25, 0.3) is 0 Å². The van der Waals surface area contributed by atoms with Crippen LogP contribution in [0.2, 0.25) is 0 Å². The van der Waals surface area contributed by atoms with E-state index < -0.39 is 0 Å². The van der Waals surface area contributed by atoms with Crippen LogP contribution in [0.3, 0.4) is 0 Å². The first-order valence-corrected chi connectivity index (χ1v) is 6.41. The minimum Gasteiger partial charge on any atom is -0.106 e. The summed E-state index contributed by atoms with van der Waals surface area (Å²) in [5.41, 5.74) is 0. The molecule has 0 nitrogen and oxygen atoms in total. The van der Waals surface area contributed by atoms with Gasteiger partial charge in [-0.1, -0.05) is 79.1 Å². The molecule has 1 fully saturated rings. The molecule has 0 atom stereocenters. The van der Waals surface area contributed by atoms with Crippen LogP contribution in [0.5, 0.6) is 0 Å². The molecule has 1 rings (SSSR count). The van der Waals surface area contributed by atoms with Crippen LogP contribution in [-0.4, -0.2) is 0 Å². The van der Waals surface area contributed by atoms with E-state index in [4.69, 9.17) is 0 Å². The Hall–Kier alpha value is -0.260. The fourth-order valence-electron chi connectivity index (χ4n) is 1.24. The molecule has 1 aliphatic rings. The maximum absolute atomic E-state index is 3.00. The van der Waals surface area contributed by atoms with Gasteiger partial charge in [0.05, 0.1) is 0 Å². The van der Waals surface area contributed by atoms with Crippen molar-refractivity contribution in [1.82, 2.24) is 0 Å². The zero-order chi connectivity index (χ0) is 11.7. The van der Waals surface area contributed by atoms with E-state index in [9.17, 15) is 0 Å². The van der Waals surface area contributed by atoms with Gasteiger partial charge < -0.3 is 0 Å². The van der Waals surface area contributed by atoms with Crippen LogP contribution < -0.4 is 0 Å². The van der Waals surface area contributed by atoms with E-state index in [1.807, 2.05) is 13.8 Å². The molecule has 1 saturated carbocycles. The normalized spacial score (nSPS) is 12.3. The maximum atomic E-state index is 3.00. The predicted molar refractivity (Wildman–Crippen MR) is 70.9 cm³/mol. The van der Waals surface area contributed by atoms with Gasteiger partial charge in [0, 0.05) is 0 Å². The second-order valence-corrected chi connectivity index (χ2v) is 3.12. The Kier molecular flexibility index (Phi) is 40.5. The van der Waals surface area contributed by atoms with E-state index in [0.29, 0.717) is 0 Å². The number of hydrogen-bond donors (Lipinski definition) is 0. The van der Waals surface area contributed by atoms with Crippen LogP contribution in [-0.2, 0) is 0 Å². The van der Waals surface area contributed by atoms with Gasteiger partial charge >= 0.3 is 0 Å². The Bertz CT molecular complexity index is 43.4. The van der Waals surface area contributed by atoms with Gasteiger partial charge in [0.15, 0.2) is 0 Å². The second kappa shape index (κ2) is 29.3. The highest BCUT2D eigenvalue weighted by atomic mass is 14.0. The number of hydrogen-bond acceptors (Lipinski definition) is 0. The van der Waals surface area contributed by atoms with Gasteiger partial charge in [-0.05, 0) is 0 Å². The monoisotopic (exact) mass is 200 g/mol. The summed E-state index contributed by atoms with van der Waals surface area (Å²) in [5.74, 6) is 0. The van der Waals surface area contributed by atoms with Crippen molar-refractivity contribution in [3.8, 4) is 0 Å². The molecule has 14 heavy (non-hydrogen) atoms. The fraction of sp³-hybridized carbons (Fsp3) is 0.857. The molecule has 1 aliphatic carbocycles. The summed E-state index contributed by atoms with van der Waals surface area (Å²) >= 11 is 0. The molecule has 0 saturated heterocycles. The van der Waals surface area contributed by atoms with Crippen molar-refractivity contribution in [2.75, 3.05) is 0 Å². The van der Waals surface area contributed by atoms with E-state index in [0.717, 1.165) is 0 Å². The fourth-order valence-corrected chi connectivity index (χ4v) is 1.24. The average Bonchev–Trinajstić information content (AvgIpc) is 2.83. The summed E-state index contributed by atoms with van der Waals surface area (Å²) in [7, 11) is 0. The van der Waals surface area contributed by atoms with E-state index in [-0.39, 0.29) is 0 Å². The Morgan fingerprint density at radius 3 is 1.00 bits per heavy atom. The standard InChI is InChI=1S/C5H10.C5H12.C2H6.C2H4/c1-2-4-5-3-1;1-3-5-4-2;2*1-2/h1-5H2;3-5H2,1-2H3;1-2H3;1-2H2. The van der Waals surface area contributed by atoms with Crippen LogP contribution in [0.4, 0.5) is 0 Å². The van der Waals surface area contributed by atoms with E-state index in [2.05, 4.69) is 27.0 Å². The second-order valence-electron chi connectivity index (χ2n) is 3.12. The topological polar surface area (TPSA) is 0 Å². The third kappa shape index (κ3) is 29.8. The lowest BCUT2D eigenvalue weighted by atomic mass is 10.3. The van der Waals surface area contributed by atoms with Crippen molar-refractivity contribution in [3.63, 3.8) is 0 Å². The minimum atomic E-state index is 1.34. The number of unbranched alkanes of at least 4 members (excludes halogenated alkanes) is 2. The molecule has 0 bridgehead atoms. The van der Waals surface area contributed by atoms with Gasteiger partial charge in [-0.25, -0.2) is 0 Å². The Labute approximate surface area is 92.8 Å². The van der Waals surface area contributed by atoms with Crippen LogP contribution in [0, 0.1) is 0 Å². The van der Waals surface area contributed by atoms with Gasteiger partial charge in [0.1, 0.15) is 0 Å². The largest absolute Gasteiger partial charge is 0.106 e. The molecule has 0 aromatic rings. The predicted octanol–water partition coefficient (Wildman–Crippen LogP) is 5.98. The minimum absolute atomic E-state index is 1.34. The molecular formula is C14H32. The first-order chi connectivity index (χ1) is 6.91. The molecule has 0 aromatic carbocycles. The first kappa shape index (κ1) is 19.3. The van der Waals surface area contributed by atoms with Gasteiger partial charge in [-0.2, -0.15) is 0 Å². The van der Waals surface area contributed by atoms with Crippen molar-refractivity contribution < 1.29 is 0 Å². The van der Waals surface area contributed by atoms with Crippen LogP contribution >= 0.6 is 0 Å². The lowest BCUT2D eigenvalue weighted by Gasteiger charge is -1.79. The van der Waals surface area contributed by atoms with Crippen molar-refractivity contribution in [2.24, 2.45) is 0 Å². The summed E-state index contributed by atoms with van der Waals surface area (Å²) < 4.78 is 0. The summed E-state index contributed by atoms with van der Waals surface area (Å²) in [6, 6.07) is 0. The van der Waals surface area contributed by atoms with Crippen LogP contribution in [0.15, 0.2) is 13.2 Å². The molecule has 88 valence electrons. The molecule has 0 radical (unpaired) electrons. The third-order valence-electron chi connectivity index (χ3n) is 1.96. The Morgan fingerprint density at radius 1 is 0.714 bits per heavy atom. The zero-order valence-corrected chi connectivity index (χ0v) is 11.1. The lowest BCUT2D eigenvalue weighted by molar-refractivity contribution is 0.772. The van der Waals surface area contributed by atoms with Gasteiger partial charge in [0.25, 0.3) is 0 Å². The third-order valence-corrected chi connectivity index (χ3v) is 1.96. The maximum Gasteiger partial charge on any atom is -0.0533 e. The van der Waals surface area contributed by atoms with Crippen molar-refractivity contribution in [1.29, 1.82) is 0 Å². The Morgan fingerprint density at radius 2 is 0.929 bits per heavy atom. The van der Waals surface area contributed by atoms with E-state index in [1.54, 1.807) is 0 Å². The van der Waals surface area contributed by atoms with E-state index in [1.165, 1.54) is 51.4 Å². The first-order valence-electron chi connectivity index (χ1n) is 6.41. The molecule has 0 amide bonds. The summed E-state index contributed by atoms with van der Waals surface area (Å²) in [5, 5.41) is 0. The van der Waals surface area contributed by atoms with Crippen LogP contribution in [0.1, 0.15) is 79.1 Å². The van der Waals surface area contributed by atoms with Gasteiger partial charge in [-0.15, -0.1) is 13.2 Å². The highest BCUT2D eigenvalue weighted by Gasteiger charge is 1.95. The SMILES string of the molecule is C1CCCC1.C=C.CC.CCCCC. The highest BCUT2D eigenvalue weighted by Crippen LogP contribution is 2.15. The summed E-state index contributed by atoms with van der Waals surface area (Å²) in [6.45, 7) is 14.4. The number of rotatable bonds is 2. The average molecular weight is 200 g/mol. The smallest absolute Gasteiger partial charge is 0.0533 e. The molecule has 0 aliphatic heterocycles. The van der Waals surface area contributed by atoms with Crippen molar-refractivity contribution in [2.45, 2.75) is 79.1 Å². The highest BCUT2D eigenvalue weighted by molar-refractivity contribution is 4.51. The molecular weight excluding hydrogens is 168 g/mol. The molecule has 0 aromatic heterocycles. The summed E-state index contributed by atoms with van der Waals surface area (Å²) in [6.07, 6.45) is 11.6. The van der Waals surface area contributed by atoms with Gasteiger partial charge in [-0.3, -0.25) is 0 Å². The van der Waals surface area contributed by atoms with Gasteiger partial charge in [0.2, 0.25) is 0 Å². The molecule has 0 spiro atoms. The van der Waals surface area contributed by atoms with Crippen molar-refractivity contribution in [3.05, 3.63) is 13.2 Å². The Balaban J connectivity index is -0.000000128.